The summed E-state index contributed by atoms with van der Waals surface area (Å²) in [5.74, 6) is 1.65. The van der Waals surface area contributed by atoms with Crippen molar-refractivity contribution < 1.29 is 9.47 Å². The van der Waals surface area contributed by atoms with Crippen LogP contribution in [0.25, 0.3) is 0 Å². The van der Waals surface area contributed by atoms with E-state index >= 15 is 0 Å². The minimum Gasteiger partial charge on any atom is -0.493 e. The highest BCUT2D eigenvalue weighted by atomic mass is 127. The number of halogens is 1. The Hall–Kier alpha value is -1.27. The first-order valence-corrected chi connectivity index (χ1v) is 9.48. The van der Waals surface area contributed by atoms with E-state index in [0.717, 1.165) is 33.2 Å². The van der Waals surface area contributed by atoms with E-state index in [9.17, 15) is 0 Å². The van der Waals surface area contributed by atoms with Crippen molar-refractivity contribution in [2.75, 3.05) is 14.2 Å². The fraction of sp³-hybridized carbons (Fsp3) is 0.400. The molecule has 4 heteroatoms. The summed E-state index contributed by atoms with van der Waals surface area (Å²) in [5.41, 5.74) is 2.43. The number of ether oxygens (including phenoxy) is 2. The number of hydrogen-bond donors (Lipinski definition) is 0. The van der Waals surface area contributed by atoms with Gasteiger partial charge in [-0.25, -0.2) is 0 Å². The lowest BCUT2D eigenvalue weighted by atomic mass is 9.91. The zero-order valence-electron chi connectivity index (χ0n) is 14.3. The summed E-state index contributed by atoms with van der Waals surface area (Å²) >= 11 is 2.34. The fourth-order valence-electron chi connectivity index (χ4n) is 2.98. The molecule has 0 heterocycles. The van der Waals surface area contributed by atoms with Crippen LogP contribution in [-0.2, 0) is 13.2 Å². The molecule has 0 N–H and O–H groups in total. The summed E-state index contributed by atoms with van der Waals surface area (Å²) in [6, 6.07) is 15.3. The Morgan fingerprint density at radius 1 is 1.12 bits per heavy atom. The first-order valence-electron chi connectivity index (χ1n) is 8.40. The van der Waals surface area contributed by atoms with Gasteiger partial charge in [0.15, 0.2) is 11.5 Å². The van der Waals surface area contributed by atoms with Gasteiger partial charge in [-0.05, 0) is 65.7 Å². The first kappa shape index (κ1) is 17.5. The molecule has 0 atom stereocenters. The van der Waals surface area contributed by atoms with Crippen molar-refractivity contribution in [1.29, 1.82) is 0 Å². The Labute approximate surface area is 158 Å². The lowest BCUT2D eigenvalue weighted by molar-refractivity contribution is 0.152. The molecule has 3 rings (SSSR count). The molecule has 1 aliphatic rings. The van der Waals surface area contributed by atoms with E-state index in [4.69, 9.17) is 9.47 Å². The molecule has 1 aliphatic carbocycles. The number of hydrogen-bond acceptors (Lipinski definition) is 3. The molecule has 0 amide bonds. The van der Waals surface area contributed by atoms with Crippen LogP contribution in [0.15, 0.2) is 42.5 Å². The molecule has 0 saturated heterocycles. The molecule has 128 valence electrons. The van der Waals surface area contributed by atoms with E-state index in [1.165, 1.54) is 24.8 Å². The van der Waals surface area contributed by atoms with Gasteiger partial charge in [-0.2, -0.15) is 0 Å². The molecule has 0 aromatic heterocycles. The van der Waals surface area contributed by atoms with Gasteiger partial charge in [0.1, 0.15) is 6.61 Å². The maximum atomic E-state index is 6.04. The van der Waals surface area contributed by atoms with Gasteiger partial charge in [-0.1, -0.05) is 36.8 Å². The van der Waals surface area contributed by atoms with Crippen LogP contribution in [-0.4, -0.2) is 25.1 Å². The maximum Gasteiger partial charge on any atom is 0.174 e. The topological polar surface area (TPSA) is 21.7 Å². The molecule has 1 fully saturated rings. The lowest BCUT2D eigenvalue weighted by Gasteiger charge is -2.34. The van der Waals surface area contributed by atoms with Crippen molar-refractivity contribution >= 4 is 22.6 Å². The summed E-state index contributed by atoms with van der Waals surface area (Å²) in [6.45, 7) is 1.50. The highest BCUT2D eigenvalue weighted by Crippen LogP contribution is 2.35. The highest BCUT2D eigenvalue weighted by molar-refractivity contribution is 14.1. The molecular weight excluding hydrogens is 413 g/mol. The second-order valence-corrected chi connectivity index (χ2v) is 7.55. The van der Waals surface area contributed by atoms with Gasteiger partial charge in [-0.3, -0.25) is 4.90 Å². The smallest absolute Gasteiger partial charge is 0.174 e. The predicted molar refractivity (Wildman–Crippen MR) is 106 cm³/mol. The van der Waals surface area contributed by atoms with Crippen LogP contribution in [0.4, 0.5) is 0 Å². The maximum absolute atomic E-state index is 6.04. The van der Waals surface area contributed by atoms with Crippen molar-refractivity contribution in [3.05, 3.63) is 57.2 Å². The van der Waals surface area contributed by atoms with E-state index in [-0.39, 0.29) is 0 Å². The van der Waals surface area contributed by atoms with Crippen LogP contribution in [0.3, 0.4) is 0 Å². The van der Waals surface area contributed by atoms with Crippen LogP contribution in [0, 0.1) is 3.57 Å². The van der Waals surface area contributed by atoms with Crippen molar-refractivity contribution in [2.24, 2.45) is 0 Å². The molecule has 2 aromatic rings. The van der Waals surface area contributed by atoms with Gasteiger partial charge in [0.05, 0.1) is 10.7 Å². The van der Waals surface area contributed by atoms with E-state index in [1.807, 2.05) is 18.2 Å². The van der Waals surface area contributed by atoms with Crippen molar-refractivity contribution in [3.63, 3.8) is 0 Å². The molecule has 0 bridgehead atoms. The summed E-state index contributed by atoms with van der Waals surface area (Å²) in [7, 11) is 3.92. The standard InChI is InChI=1S/C20H24INO2/c1-22(17-9-6-10-17)13-16-11-18(21)20(19(12-16)23-2)24-14-15-7-4-3-5-8-15/h3-5,7-8,11-12,17H,6,9-10,13-14H2,1-2H3. The minimum absolute atomic E-state index is 0.550. The molecular formula is C20H24INO2. The van der Waals surface area contributed by atoms with Gasteiger partial charge in [0, 0.05) is 12.6 Å². The number of rotatable bonds is 7. The zero-order chi connectivity index (χ0) is 16.9. The van der Waals surface area contributed by atoms with Gasteiger partial charge < -0.3 is 9.47 Å². The molecule has 0 radical (unpaired) electrons. The number of nitrogens with zero attached hydrogens (tertiary/aromatic N) is 1. The van der Waals surface area contributed by atoms with Gasteiger partial charge in [-0.15, -0.1) is 0 Å². The van der Waals surface area contributed by atoms with E-state index in [0.29, 0.717) is 6.61 Å². The fourth-order valence-corrected chi connectivity index (χ4v) is 3.80. The average Bonchev–Trinajstić information content (AvgIpc) is 2.52. The zero-order valence-corrected chi connectivity index (χ0v) is 16.5. The molecule has 0 aliphatic heterocycles. The Morgan fingerprint density at radius 2 is 1.88 bits per heavy atom. The Balaban J connectivity index is 1.72. The average molecular weight is 437 g/mol. The summed E-state index contributed by atoms with van der Waals surface area (Å²) in [6.07, 6.45) is 4.01. The normalized spacial score (nSPS) is 14.5. The summed E-state index contributed by atoms with van der Waals surface area (Å²) in [5, 5.41) is 0. The highest BCUT2D eigenvalue weighted by Gasteiger charge is 2.22. The van der Waals surface area contributed by atoms with Crippen molar-refractivity contribution in [3.8, 4) is 11.5 Å². The number of methoxy groups -OCH3 is 1. The molecule has 2 aromatic carbocycles. The van der Waals surface area contributed by atoms with Crippen LogP contribution in [0.1, 0.15) is 30.4 Å². The number of benzene rings is 2. The van der Waals surface area contributed by atoms with Gasteiger partial charge in [0.2, 0.25) is 0 Å². The third-order valence-electron chi connectivity index (χ3n) is 4.65. The van der Waals surface area contributed by atoms with E-state index in [1.54, 1.807) is 7.11 Å². The Kier molecular flexibility index (Phi) is 6.00. The summed E-state index contributed by atoms with van der Waals surface area (Å²) in [4.78, 5) is 2.44. The van der Waals surface area contributed by atoms with E-state index in [2.05, 4.69) is 58.8 Å². The summed E-state index contributed by atoms with van der Waals surface area (Å²) < 4.78 is 12.7. The quantitative estimate of drug-likeness (QED) is 0.578. The monoisotopic (exact) mass is 437 g/mol. The first-order chi connectivity index (χ1) is 11.7. The Morgan fingerprint density at radius 3 is 2.50 bits per heavy atom. The van der Waals surface area contributed by atoms with Crippen molar-refractivity contribution in [2.45, 2.75) is 38.5 Å². The Bertz CT molecular complexity index is 671. The second-order valence-electron chi connectivity index (χ2n) is 6.38. The molecule has 0 unspecified atom stereocenters. The van der Waals surface area contributed by atoms with Gasteiger partial charge in [0.25, 0.3) is 0 Å². The third kappa shape index (κ3) is 4.22. The molecule has 3 nitrogen and oxygen atoms in total. The predicted octanol–water partition coefficient (Wildman–Crippen LogP) is 4.86. The lowest BCUT2D eigenvalue weighted by Crippen LogP contribution is -2.36. The second kappa shape index (κ2) is 8.21. The van der Waals surface area contributed by atoms with Crippen LogP contribution in [0.5, 0.6) is 11.5 Å². The SMILES string of the molecule is COc1cc(CN(C)C2CCC2)cc(I)c1OCc1ccccc1. The van der Waals surface area contributed by atoms with Crippen LogP contribution >= 0.6 is 22.6 Å². The van der Waals surface area contributed by atoms with Gasteiger partial charge >= 0.3 is 0 Å². The van der Waals surface area contributed by atoms with Crippen molar-refractivity contribution in [1.82, 2.24) is 4.90 Å². The third-order valence-corrected chi connectivity index (χ3v) is 5.45. The minimum atomic E-state index is 0.550. The molecule has 24 heavy (non-hydrogen) atoms. The van der Waals surface area contributed by atoms with Crippen LogP contribution in [0.2, 0.25) is 0 Å². The molecule has 0 spiro atoms. The largest absolute Gasteiger partial charge is 0.493 e. The molecule has 1 saturated carbocycles. The van der Waals surface area contributed by atoms with E-state index < -0.39 is 0 Å². The van der Waals surface area contributed by atoms with Crippen LogP contribution < -0.4 is 9.47 Å².